The van der Waals surface area contributed by atoms with Gasteiger partial charge in [-0.1, -0.05) is 11.6 Å². The highest BCUT2D eigenvalue weighted by Gasteiger charge is 2.26. The molecule has 1 fully saturated rings. The fourth-order valence-electron chi connectivity index (χ4n) is 1.56. The number of carbonyl (C=O) groups excluding carboxylic acids is 1. The van der Waals surface area contributed by atoms with Crippen LogP contribution in [0.3, 0.4) is 0 Å². The van der Waals surface area contributed by atoms with E-state index in [-0.39, 0.29) is 12.1 Å². The molecule has 1 aliphatic heterocycles. The molecule has 2 rings (SSSR count). The second-order valence-electron chi connectivity index (χ2n) is 3.24. The van der Waals surface area contributed by atoms with Crippen molar-refractivity contribution in [2.24, 2.45) is 0 Å². The van der Waals surface area contributed by atoms with Crippen LogP contribution < -0.4 is 5.32 Å². The Morgan fingerprint density at radius 3 is 2.93 bits per heavy atom. The molecule has 0 spiro atoms. The summed E-state index contributed by atoms with van der Waals surface area (Å²) in [5.74, 6) is 0. The van der Waals surface area contributed by atoms with Crippen molar-refractivity contribution in [2.75, 3.05) is 13.1 Å². The van der Waals surface area contributed by atoms with Crippen molar-refractivity contribution in [2.45, 2.75) is 13.0 Å². The van der Waals surface area contributed by atoms with Gasteiger partial charge in [-0.2, -0.15) is 0 Å². The summed E-state index contributed by atoms with van der Waals surface area (Å²) in [7, 11) is 0. The summed E-state index contributed by atoms with van der Waals surface area (Å²) in [4.78, 5) is 14.3. The molecule has 5 heteroatoms. The molecule has 1 saturated heterocycles. The normalized spacial score (nSPS) is 18.4. The van der Waals surface area contributed by atoms with Crippen LogP contribution in [0.2, 0.25) is 4.34 Å². The van der Waals surface area contributed by atoms with E-state index in [2.05, 4.69) is 5.32 Å². The number of nitrogens with one attached hydrogen (secondary N) is 1. The van der Waals surface area contributed by atoms with Crippen LogP contribution in [-0.4, -0.2) is 24.0 Å². The summed E-state index contributed by atoms with van der Waals surface area (Å²) < 4.78 is 0.770. The third-order valence-corrected chi connectivity index (χ3v) is 3.76. The van der Waals surface area contributed by atoms with E-state index in [1.165, 1.54) is 11.3 Å². The zero-order valence-corrected chi connectivity index (χ0v) is 9.36. The number of thiophene rings is 1. The average Bonchev–Trinajstić information content (AvgIpc) is 2.73. The van der Waals surface area contributed by atoms with Crippen molar-refractivity contribution in [3.63, 3.8) is 0 Å². The molecule has 1 aromatic rings. The molecule has 3 nitrogen and oxygen atoms in total. The molecule has 0 saturated carbocycles. The first kappa shape index (κ1) is 9.80. The molecule has 0 bridgehead atoms. The number of hydrogen-bond donors (Lipinski definition) is 1. The van der Waals surface area contributed by atoms with Crippen LogP contribution in [0.5, 0.6) is 0 Å². The van der Waals surface area contributed by atoms with Crippen molar-refractivity contribution >= 4 is 29.0 Å². The van der Waals surface area contributed by atoms with E-state index in [4.69, 9.17) is 11.6 Å². The van der Waals surface area contributed by atoms with Gasteiger partial charge in [-0.15, -0.1) is 11.3 Å². The van der Waals surface area contributed by atoms with Gasteiger partial charge < -0.3 is 10.2 Å². The van der Waals surface area contributed by atoms with Crippen LogP contribution in [0.4, 0.5) is 4.79 Å². The molecule has 2 amide bonds. The number of rotatable bonds is 2. The minimum absolute atomic E-state index is 0.0158. The third kappa shape index (κ3) is 1.72. The maximum absolute atomic E-state index is 11.4. The molecule has 1 unspecified atom stereocenters. The van der Waals surface area contributed by atoms with E-state index >= 15 is 0 Å². The van der Waals surface area contributed by atoms with Crippen molar-refractivity contribution in [3.05, 3.63) is 21.3 Å². The third-order valence-electron chi connectivity index (χ3n) is 2.36. The Bertz CT molecular complexity index is 352. The van der Waals surface area contributed by atoms with Crippen LogP contribution in [0.15, 0.2) is 12.1 Å². The molecule has 1 atom stereocenters. The van der Waals surface area contributed by atoms with E-state index < -0.39 is 0 Å². The molecule has 1 aliphatic rings. The largest absolute Gasteiger partial charge is 0.336 e. The number of halogens is 1. The molecule has 0 aromatic carbocycles. The SMILES string of the molecule is CC(c1ccc(Cl)s1)N1CCNC1=O. The standard InChI is InChI=1S/C9H11ClN2OS/c1-6(7-2-3-8(10)14-7)12-5-4-11-9(12)13/h2-3,6H,4-5H2,1H3,(H,11,13). The molecule has 14 heavy (non-hydrogen) atoms. The minimum Gasteiger partial charge on any atom is -0.336 e. The molecule has 76 valence electrons. The first-order valence-electron chi connectivity index (χ1n) is 4.48. The van der Waals surface area contributed by atoms with Gasteiger partial charge in [0.15, 0.2) is 0 Å². The molecule has 1 aromatic heterocycles. The highest BCUT2D eigenvalue weighted by molar-refractivity contribution is 7.16. The number of hydrogen-bond acceptors (Lipinski definition) is 2. The fourth-order valence-corrected chi connectivity index (χ4v) is 2.69. The summed E-state index contributed by atoms with van der Waals surface area (Å²) in [5, 5.41) is 2.79. The predicted octanol–water partition coefficient (Wildman–Crippen LogP) is 2.49. The smallest absolute Gasteiger partial charge is 0.318 e. The minimum atomic E-state index is 0.0158. The number of carbonyl (C=O) groups is 1. The zero-order chi connectivity index (χ0) is 10.1. The van der Waals surface area contributed by atoms with Crippen LogP contribution in [0.1, 0.15) is 17.8 Å². The summed E-state index contributed by atoms with van der Waals surface area (Å²) in [6.07, 6.45) is 0. The quantitative estimate of drug-likeness (QED) is 0.832. The van der Waals surface area contributed by atoms with Gasteiger partial charge in [-0.3, -0.25) is 0 Å². The van der Waals surface area contributed by atoms with Gasteiger partial charge in [0.05, 0.1) is 10.4 Å². The van der Waals surface area contributed by atoms with E-state index in [1.807, 2.05) is 24.0 Å². The highest BCUT2D eigenvalue weighted by atomic mass is 35.5. The Morgan fingerprint density at radius 2 is 2.43 bits per heavy atom. The van der Waals surface area contributed by atoms with Gasteiger partial charge in [0, 0.05) is 18.0 Å². The van der Waals surface area contributed by atoms with Crippen molar-refractivity contribution in [3.8, 4) is 0 Å². The molecule has 2 heterocycles. The van der Waals surface area contributed by atoms with Gasteiger partial charge in [0.25, 0.3) is 0 Å². The van der Waals surface area contributed by atoms with Crippen LogP contribution in [0, 0.1) is 0 Å². The second kappa shape index (κ2) is 3.79. The average molecular weight is 231 g/mol. The van der Waals surface area contributed by atoms with E-state index in [1.54, 1.807) is 0 Å². The number of nitrogens with zero attached hydrogens (tertiary/aromatic N) is 1. The van der Waals surface area contributed by atoms with Crippen LogP contribution in [0.25, 0.3) is 0 Å². The molecule has 0 radical (unpaired) electrons. The zero-order valence-electron chi connectivity index (χ0n) is 7.79. The lowest BCUT2D eigenvalue weighted by atomic mass is 10.2. The number of amides is 2. The van der Waals surface area contributed by atoms with Gasteiger partial charge in [0.1, 0.15) is 0 Å². The Balaban J connectivity index is 2.15. The van der Waals surface area contributed by atoms with Gasteiger partial charge in [-0.05, 0) is 19.1 Å². The highest BCUT2D eigenvalue weighted by Crippen LogP contribution is 2.30. The van der Waals surface area contributed by atoms with E-state index in [0.29, 0.717) is 0 Å². The Morgan fingerprint density at radius 1 is 1.64 bits per heavy atom. The number of urea groups is 1. The Labute approximate surface area is 91.7 Å². The lowest BCUT2D eigenvalue weighted by Gasteiger charge is -2.21. The van der Waals surface area contributed by atoms with E-state index in [9.17, 15) is 4.79 Å². The molecular formula is C9H11ClN2OS. The van der Waals surface area contributed by atoms with Crippen LogP contribution in [-0.2, 0) is 0 Å². The molecular weight excluding hydrogens is 220 g/mol. The summed E-state index contributed by atoms with van der Waals surface area (Å²) in [5.41, 5.74) is 0. The first-order chi connectivity index (χ1) is 6.68. The maximum Gasteiger partial charge on any atom is 0.318 e. The summed E-state index contributed by atoms with van der Waals surface area (Å²) in [6, 6.07) is 3.98. The monoisotopic (exact) mass is 230 g/mol. The maximum atomic E-state index is 11.4. The van der Waals surface area contributed by atoms with Gasteiger partial charge in [-0.25, -0.2) is 4.79 Å². The molecule has 1 N–H and O–H groups in total. The predicted molar refractivity (Wildman–Crippen MR) is 57.8 cm³/mol. The summed E-state index contributed by atoms with van der Waals surface area (Å²) in [6.45, 7) is 3.53. The molecule has 0 aliphatic carbocycles. The van der Waals surface area contributed by atoms with Gasteiger partial charge >= 0.3 is 6.03 Å². The first-order valence-corrected chi connectivity index (χ1v) is 5.67. The summed E-state index contributed by atoms with van der Waals surface area (Å²) >= 11 is 7.38. The van der Waals surface area contributed by atoms with Crippen molar-refractivity contribution < 1.29 is 4.79 Å². The topological polar surface area (TPSA) is 32.3 Å². The van der Waals surface area contributed by atoms with Crippen molar-refractivity contribution in [1.82, 2.24) is 10.2 Å². The second-order valence-corrected chi connectivity index (χ2v) is 4.99. The Kier molecular flexibility index (Phi) is 2.65. The van der Waals surface area contributed by atoms with Crippen LogP contribution >= 0.6 is 22.9 Å². The van der Waals surface area contributed by atoms with Gasteiger partial charge in [0.2, 0.25) is 0 Å². The van der Waals surface area contributed by atoms with E-state index in [0.717, 1.165) is 22.3 Å². The Hall–Kier alpha value is -0.740. The van der Waals surface area contributed by atoms with Crippen molar-refractivity contribution in [1.29, 1.82) is 0 Å². The fraction of sp³-hybridized carbons (Fsp3) is 0.444. The lowest BCUT2D eigenvalue weighted by molar-refractivity contribution is 0.203. The lowest BCUT2D eigenvalue weighted by Crippen LogP contribution is -2.30.